The number of amides is 1. The molecule has 0 heterocycles. The number of nitro groups is 1. The maximum atomic E-state index is 12.2. The first-order chi connectivity index (χ1) is 14.0. The summed E-state index contributed by atoms with van der Waals surface area (Å²) < 4.78 is 5.72. The summed E-state index contributed by atoms with van der Waals surface area (Å²) in [5, 5.41) is 16.3. The molecule has 0 atom stereocenters. The molecule has 0 bridgehead atoms. The van der Waals surface area contributed by atoms with Gasteiger partial charge in [0.2, 0.25) is 0 Å². The van der Waals surface area contributed by atoms with E-state index in [0.29, 0.717) is 12.3 Å². The van der Waals surface area contributed by atoms with Crippen molar-refractivity contribution in [2.75, 3.05) is 11.9 Å². The first-order valence-electron chi connectivity index (χ1n) is 9.59. The van der Waals surface area contributed by atoms with Gasteiger partial charge in [0.15, 0.2) is 5.11 Å². The molecule has 0 radical (unpaired) electrons. The molecule has 0 spiro atoms. The van der Waals surface area contributed by atoms with Crippen LogP contribution in [0.3, 0.4) is 0 Å². The largest absolute Gasteiger partial charge is 0.494 e. The van der Waals surface area contributed by atoms with Crippen molar-refractivity contribution in [3.63, 3.8) is 0 Å². The van der Waals surface area contributed by atoms with E-state index >= 15 is 0 Å². The van der Waals surface area contributed by atoms with Gasteiger partial charge < -0.3 is 10.1 Å². The van der Waals surface area contributed by atoms with Gasteiger partial charge in [-0.2, -0.15) is 0 Å². The molecule has 7 nitrogen and oxygen atoms in total. The smallest absolute Gasteiger partial charge is 0.269 e. The van der Waals surface area contributed by atoms with E-state index in [0.717, 1.165) is 12.2 Å². The Morgan fingerprint density at radius 1 is 1.03 bits per heavy atom. The quantitative estimate of drug-likeness (QED) is 0.243. The van der Waals surface area contributed by atoms with Gasteiger partial charge in [-0.25, -0.2) is 0 Å². The van der Waals surface area contributed by atoms with Crippen molar-refractivity contribution in [3.8, 4) is 5.75 Å². The van der Waals surface area contributed by atoms with Crippen LogP contribution >= 0.6 is 12.2 Å². The Morgan fingerprint density at radius 3 is 2.31 bits per heavy atom. The second-order valence-corrected chi connectivity index (χ2v) is 6.91. The van der Waals surface area contributed by atoms with Crippen LogP contribution in [0.25, 0.3) is 0 Å². The third kappa shape index (κ3) is 7.87. The highest BCUT2D eigenvalue weighted by molar-refractivity contribution is 7.80. The van der Waals surface area contributed by atoms with Crippen LogP contribution in [0.15, 0.2) is 48.5 Å². The van der Waals surface area contributed by atoms with Crippen LogP contribution in [0.2, 0.25) is 0 Å². The van der Waals surface area contributed by atoms with Crippen molar-refractivity contribution >= 4 is 34.6 Å². The lowest BCUT2D eigenvalue weighted by Crippen LogP contribution is -2.34. The summed E-state index contributed by atoms with van der Waals surface area (Å²) in [5.74, 6) is 0.340. The number of hydrogen-bond acceptors (Lipinski definition) is 5. The molecule has 0 aliphatic carbocycles. The van der Waals surface area contributed by atoms with E-state index in [1.54, 1.807) is 0 Å². The highest BCUT2D eigenvalue weighted by Gasteiger charge is 2.11. The predicted molar refractivity (Wildman–Crippen MR) is 117 cm³/mol. The average molecular weight is 416 g/mol. The number of thiocarbonyl (C=S) groups is 1. The van der Waals surface area contributed by atoms with Crippen molar-refractivity contribution in [2.24, 2.45) is 0 Å². The van der Waals surface area contributed by atoms with Gasteiger partial charge in [0.25, 0.3) is 11.6 Å². The molecule has 154 valence electrons. The Labute approximate surface area is 175 Å². The minimum absolute atomic E-state index is 0.0782. The van der Waals surface area contributed by atoms with Crippen molar-refractivity contribution in [1.29, 1.82) is 0 Å². The molecule has 2 aromatic rings. The molecular weight excluding hydrogens is 390 g/mol. The summed E-state index contributed by atoms with van der Waals surface area (Å²) in [7, 11) is 0. The molecule has 0 unspecified atom stereocenters. The number of hydrogen-bond donors (Lipinski definition) is 2. The van der Waals surface area contributed by atoms with Gasteiger partial charge in [-0.3, -0.25) is 20.2 Å². The molecular formula is C21H25N3O4S. The lowest BCUT2D eigenvalue weighted by atomic mass is 10.2. The van der Waals surface area contributed by atoms with Crippen LogP contribution in [0.1, 0.15) is 49.4 Å². The third-order valence-corrected chi connectivity index (χ3v) is 4.40. The number of unbranched alkanes of at least 4 members (excludes halogenated alkanes) is 4. The molecule has 0 aromatic heterocycles. The van der Waals surface area contributed by atoms with Crippen molar-refractivity contribution in [3.05, 3.63) is 64.2 Å². The summed E-state index contributed by atoms with van der Waals surface area (Å²) in [5.41, 5.74) is 0.919. The van der Waals surface area contributed by atoms with E-state index in [-0.39, 0.29) is 16.4 Å². The zero-order valence-corrected chi connectivity index (χ0v) is 17.2. The number of carbonyl (C=O) groups excluding carboxylic acids is 1. The second kappa shape index (κ2) is 11.8. The lowest BCUT2D eigenvalue weighted by molar-refractivity contribution is -0.384. The minimum atomic E-state index is -0.520. The number of nitrogens with one attached hydrogen (secondary N) is 2. The fourth-order valence-corrected chi connectivity index (χ4v) is 2.81. The number of ether oxygens (including phenoxy) is 1. The lowest BCUT2D eigenvalue weighted by Gasteiger charge is -2.11. The molecule has 2 rings (SSSR count). The SMILES string of the molecule is CCCCCCCOc1ccc(NC(=S)NC(=O)c2ccc([N+](=O)[O-])cc2)cc1. The van der Waals surface area contributed by atoms with Crippen LogP contribution in [0, 0.1) is 10.1 Å². The van der Waals surface area contributed by atoms with E-state index in [1.165, 1.54) is 49.9 Å². The first kappa shape index (κ1) is 22.3. The Balaban J connectivity index is 1.76. The zero-order valence-electron chi connectivity index (χ0n) is 16.3. The Kier molecular flexibility index (Phi) is 9.04. The van der Waals surface area contributed by atoms with Crippen LogP contribution in [-0.2, 0) is 0 Å². The molecule has 0 saturated carbocycles. The van der Waals surface area contributed by atoms with Crippen molar-refractivity contribution in [1.82, 2.24) is 5.32 Å². The molecule has 8 heteroatoms. The molecule has 0 saturated heterocycles. The molecule has 2 aromatic carbocycles. The average Bonchev–Trinajstić information content (AvgIpc) is 2.71. The molecule has 0 aliphatic rings. The van der Waals surface area contributed by atoms with Crippen LogP contribution in [-0.4, -0.2) is 22.5 Å². The van der Waals surface area contributed by atoms with E-state index in [4.69, 9.17) is 17.0 Å². The molecule has 29 heavy (non-hydrogen) atoms. The first-order valence-corrected chi connectivity index (χ1v) is 10.00. The fraction of sp³-hybridized carbons (Fsp3) is 0.333. The highest BCUT2D eigenvalue weighted by Crippen LogP contribution is 2.16. The Hall–Kier alpha value is -3.00. The van der Waals surface area contributed by atoms with Crippen LogP contribution < -0.4 is 15.4 Å². The van der Waals surface area contributed by atoms with E-state index in [1.807, 2.05) is 24.3 Å². The van der Waals surface area contributed by atoms with Gasteiger partial charge >= 0.3 is 0 Å². The number of anilines is 1. The standard InChI is InChI=1S/C21H25N3O4S/c1-2-3-4-5-6-15-28-19-13-9-17(10-14-19)22-21(29)23-20(25)16-7-11-18(12-8-16)24(26)27/h7-14H,2-6,15H2,1H3,(H2,22,23,25,29). The van der Waals surface area contributed by atoms with Gasteiger partial charge in [0.1, 0.15) is 5.75 Å². The van der Waals surface area contributed by atoms with Gasteiger partial charge in [-0.05, 0) is 55.0 Å². The van der Waals surface area contributed by atoms with E-state index in [2.05, 4.69) is 17.6 Å². The van der Waals surface area contributed by atoms with Gasteiger partial charge in [-0.15, -0.1) is 0 Å². The van der Waals surface area contributed by atoms with Crippen LogP contribution in [0.5, 0.6) is 5.75 Å². The van der Waals surface area contributed by atoms with E-state index < -0.39 is 10.8 Å². The summed E-state index contributed by atoms with van der Waals surface area (Å²) in [6, 6.07) is 12.6. The normalized spacial score (nSPS) is 10.2. The second-order valence-electron chi connectivity index (χ2n) is 6.50. The van der Waals surface area contributed by atoms with Gasteiger partial charge in [0, 0.05) is 23.4 Å². The van der Waals surface area contributed by atoms with Crippen molar-refractivity contribution in [2.45, 2.75) is 39.0 Å². The molecule has 1 amide bonds. The monoisotopic (exact) mass is 415 g/mol. The number of rotatable bonds is 10. The van der Waals surface area contributed by atoms with Crippen LogP contribution in [0.4, 0.5) is 11.4 Å². The maximum Gasteiger partial charge on any atom is 0.269 e. The molecule has 0 fully saturated rings. The number of carbonyl (C=O) groups is 1. The minimum Gasteiger partial charge on any atom is -0.494 e. The highest BCUT2D eigenvalue weighted by atomic mass is 32.1. The van der Waals surface area contributed by atoms with Crippen molar-refractivity contribution < 1.29 is 14.5 Å². The van der Waals surface area contributed by atoms with Gasteiger partial charge in [-0.1, -0.05) is 32.6 Å². The number of nitro benzene ring substituents is 1. The summed E-state index contributed by atoms with van der Waals surface area (Å²) in [4.78, 5) is 22.3. The van der Waals surface area contributed by atoms with E-state index in [9.17, 15) is 14.9 Å². The Bertz CT molecular complexity index is 823. The summed E-state index contributed by atoms with van der Waals surface area (Å²) in [6.45, 7) is 2.89. The molecule has 0 aliphatic heterocycles. The fourth-order valence-electron chi connectivity index (χ4n) is 2.60. The summed E-state index contributed by atoms with van der Waals surface area (Å²) in [6.07, 6.45) is 5.95. The molecule has 2 N–H and O–H groups in total. The Morgan fingerprint density at radius 2 is 1.69 bits per heavy atom. The third-order valence-electron chi connectivity index (χ3n) is 4.20. The number of benzene rings is 2. The van der Waals surface area contributed by atoms with Gasteiger partial charge in [0.05, 0.1) is 11.5 Å². The number of nitrogens with zero attached hydrogens (tertiary/aromatic N) is 1. The topological polar surface area (TPSA) is 93.5 Å². The summed E-state index contributed by atoms with van der Waals surface area (Å²) >= 11 is 5.15. The maximum absolute atomic E-state index is 12.2. The predicted octanol–water partition coefficient (Wildman–Crippen LogP) is 5.07. The zero-order chi connectivity index (χ0) is 21.1. The number of non-ortho nitro benzene ring substituents is 1.